The molecule has 0 bridgehead atoms. The van der Waals surface area contributed by atoms with E-state index in [0.717, 1.165) is 15.3 Å². The Kier molecular flexibility index (Phi) is 2.45. The minimum Gasteiger partial charge on any atom is -0.352 e. The fourth-order valence-corrected chi connectivity index (χ4v) is 2.49. The molecule has 0 fully saturated rings. The van der Waals surface area contributed by atoms with Crippen LogP contribution in [0.5, 0.6) is 0 Å². The van der Waals surface area contributed by atoms with Crippen LogP contribution in [0.2, 0.25) is 0 Å². The molecule has 0 saturated carbocycles. The van der Waals surface area contributed by atoms with E-state index in [2.05, 4.69) is 37.0 Å². The topological polar surface area (TPSA) is 79.4 Å². The lowest BCUT2D eigenvalue weighted by Gasteiger charge is -2.06. The van der Waals surface area contributed by atoms with Gasteiger partial charge in [0.2, 0.25) is 0 Å². The molecule has 2 aromatic heterocycles. The van der Waals surface area contributed by atoms with Crippen LogP contribution in [0, 0.1) is 0 Å². The molecule has 0 aliphatic carbocycles. The number of nitrogens with one attached hydrogen (secondary N) is 2. The van der Waals surface area contributed by atoms with Crippen molar-refractivity contribution >= 4 is 26.7 Å². The third kappa shape index (κ3) is 1.96. The molecule has 17 heavy (non-hydrogen) atoms. The molecule has 0 aliphatic heterocycles. The van der Waals surface area contributed by atoms with E-state index in [1.807, 2.05) is 25.1 Å². The van der Waals surface area contributed by atoms with E-state index < -0.39 is 0 Å². The maximum absolute atomic E-state index is 4.48. The van der Waals surface area contributed by atoms with Crippen molar-refractivity contribution in [2.24, 2.45) is 0 Å². The average molecular weight is 246 g/mol. The van der Waals surface area contributed by atoms with Gasteiger partial charge in [-0.2, -0.15) is 5.21 Å². The Bertz CT molecular complexity index is 584. The summed E-state index contributed by atoms with van der Waals surface area (Å²) >= 11 is 1.61. The Morgan fingerprint density at radius 3 is 3.00 bits per heavy atom. The van der Waals surface area contributed by atoms with E-state index in [1.54, 1.807) is 11.3 Å². The van der Waals surface area contributed by atoms with E-state index in [4.69, 9.17) is 0 Å². The molecule has 1 aromatic carbocycles. The Labute approximate surface area is 101 Å². The maximum Gasteiger partial charge on any atom is 0.196 e. The van der Waals surface area contributed by atoms with Gasteiger partial charge in [0.15, 0.2) is 11.0 Å². The van der Waals surface area contributed by atoms with Crippen LogP contribution in [0.15, 0.2) is 24.3 Å². The van der Waals surface area contributed by atoms with Crippen LogP contribution in [0.4, 0.5) is 5.13 Å². The number of anilines is 1. The molecule has 1 atom stereocenters. The molecule has 86 valence electrons. The number of H-pyrrole nitrogens is 1. The van der Waals surface area contributed by atoms with Crippen LogP contribution >= 0.6 is 11.3 Å². The van der Waals surface area contributed by atoms with Crippen LogP contribution in [0.3, 0.4) is 0 Å². The lowest BCUT2D eigenvalue weighted by molar-refractivity contribution is 0.792. The summed E-state index contributed by atoms with van der Waals surface area (Å²) in [5.41, 5.74) is 1.00. The zero-order valence-electron chi connectivity index (χ0n) is 9.08. The molecule has 2 N–H and O–H groups in total. The number of aromatic amines is 1. The number of hydrogen-bond donors (Lipinski definition) is 2. The number of rotatable bonds is 3. The average Bonchev–Trinajstić information content (AvgIpc) is 2.97. The Balaban J connectivity index is 1.85. The number of hydrogen-bond acceptors (Lipinski definition) is 6. The van der Waals surface area contributed by atoms with Crippen LogP contribution in [0.1, 0.15) is 18.8 Å². The Hall–Kier alpha value is -2.02. The van der Waals surface area contributed by atoms with Crippen LogP contribution in [-0.4, -0.2) is 25.6 Å². The summed E-state index contributed by atoms with van der Waals surface area (Å²) in [6, 6.07) is 8.02. The Morgan fingerprint density at radius 2 is 2.24 bits per heavy atom. The van der Waals surface area contributed by atoms with E-state index in [0.29, 0.717) is 5.82 Å². The van der Waals surface area contributed by atoms with Gasteiger partial charge in [0.05, 0.1) is 16.3 Å². The number of tetrazole rings is 1. The van der Waals surface area contributed by atoms with E-state index in [1.165, 1.54) is 0 Å². The fraction of sp³-hybridized carbons (Fsp3) is 0.200. The maximum atomic E-state index is 4.48. The van der Waals surface area contributed by atoms with Gasteiger partial charge in [-0.05, 0) is 19.1 Å². The largest absolute Gasteiger partial charge is 0.352 e. The molecule has 3 rings (SSSR count). The predicted octanol–water partition coefficient (Wildman–Crippen LogP) is 1.98. The highest BCUT2D eigenvalue weighted by Gasteiger charge is 2.12. The van der Waals surface area contributed by atoms with Gasteiger partial charge in [0, 0.05) is 0 Å². The summed E-state index contributed by atoms with van der Waals surface area (Å²) in [6.07, 6.45) is 0. The van der Waals surface area contributed by atoms with E-state index in [-0.39, 0.29) is 6.04 Å². The molecule has 6 nitrogen and oxygen atoms in total. The molecule has 0 amide bonds. The minimum absolute atomic E-state index is 0.0192. The van der Waals surface area contributed by atoms with Crippen molar-refractivity contribution in [1.29, 1.82) is 0 Å². The van der Waals surface area contributed by atoms with Crippen molar-refractivity contribution in [2.45, 2.75) is 13.0 Å². The van der Waals surface area contributed by atoms with E-state index >= 15 is 0 Å². The highest BCUT2D eigenvalue weighted by atomic mass is 32.1. The van der Waals surface area contributed by atoms with Gasteiger partial charge in [-0.1, -0.05) is 28.7 Å². The zero-order valence-corrected chi connectivity index (χ0v) is 9.90. The summed E-state index contributed by atoms with van der Waals surface area (Å²) in [6.45, 7) is 1.97. The first-order valence-electron chi connectivity index (χ1n) is 5.18. The number of benzene rings is 1. The normalized spacial score (nSPS) is 12.8. The molecular weight excluding hydrogens is 236 g/mol. The second kappa shape index (κ2) is 4.10. The molecular formula is C10H10N6S. The van der Waals surface area contributed by atoms with Crippen LogP contribution < -0.4 is 5.32 Å². The molecule has 1 unspecified atom stereocenters. The second-order valence-corrected chi connectivity index (χ2v) is 4.65. The highest BCUT2D eigenvalue weighted by molar-refractivity contribution is 7.22. The first kappa shape index (κ1) is 10.2. The zero-order chi connectivity index (χ0) is 11.7. The first-order chi connectivity index (χ1) is 8.33. The quantitative estimate of drug-likeness (QED) is 0.738. The Morgan fingerprint density at radius 1 is 1.35 bits per heavy atom. The lowest BCUT2D eigenvalue weighted by Crippen LogP contribution is -2.08. The second-order valence-electron chi connectivity index (χ2n) is 3.62. The number of thiazole rings is 1. The highest BCUT2D eigenvalue weighted by Crippen LogP contribution is 2.27. The number of nitrogens with zero attached hydrogens (tertiary/aromatic N) is 4. The van der Waals surface area contributed by atoms with Crippen LogP contribution in [-0.2, 0) is 0 Å². The van der Waals surface area contributed by atoms with Gasteiger partial charge >= 0.3 is 0 Å². The molecule has 7 heteroatoms. The molecule has 0 saturated heterocycles. The van der Waals surface area contributed by atoms with Crippen LogP contribution in [0.25, 0.3) is 10.2 Å². The van der Waals surface area contributed by atoms with Gasteiger partial charge in [-0.3, -0.25) is 0 Å². The fourth-order valence-electron chi connectivity index (χ4n) is 1.54. The summed E-state index contributed by atoms with van der Waals surface area (Å²) < 4.78 is 1.16. The number of para-hydroxylation sites is 1. The molecule has 0 aliphatic rings. The van der Waals surface area contributed by atoms with Gasteiger partial charge in [-0.15, -0.1) is 10.2 Å². The van der Waals surface area contributed by atoms with Crippen molar-refractivity contribution in [3.63, 3.8) is 0 Å². The van der Waals surface area contributed by atoms with Gasteiger partial charge in [0.1, 0.15) is 0 Å². The van der Waals surface area contributed by atoms with Crippen molar-refractivity contribution in [2.75, 3.05) is 5.32 Å². The van der Waals surface area contributed by atoms with Crippen molar-refractivity contribution in [3.05, 3.63) is 30.1 Å². The summed E-state index contributed by atoms with van der Waals surface area (Å²) in [7, 11) is 0. The summed E-state index contributed by atoms with van der Waals surface area (Å²) in [4.78, 5) is 4.48. The summed E-state index contributed by atoms with van der Waals surface area (Å²) in [5, 5.41) is 18.0. The van der Waals surface area contributed by atoms with Crippen molar-refractivity contribution < 1.29 is 0 Å². The van der Waals surface area contributed by atoms with Gasteiger partial charge in [0.25, 0.3) is 0 Å². The minimum atomic E-state index is -0.0192. The smallest absolute Gasteiger partial charge is 0.196 e. The third-order valence-electron chi connectivity index (χ3n) is 2.38. The first-order valence-corrected chi connectivity index (χ1v) is 6.00. The van der Waals surface area contributed by atoms with Crippen molar-refractivity contribution in [3.8, 4) is 0 Å². The monoisotopic (exact) mass is 246 g/mol. The molecule has 3 aromatic rings. The van der Waals surface area contributed by atoms with Gasteiger partial charge < -0.3 is 5.32 Å². The van der Waals surface area contributed by atoms with Crippen molar-refractivity contribution in [1.82, 2.24) is 25.6 Å². The SMILES string of the molecule is CC(Nc1nc2ccccc2s1)c1nn[nH]n1. The molecule has 0 spiro atoms. The number of fused-ring (bicyclic) bond motifs is 1. The van der Waals surface area contributed by atoms with Gasteiger partial charge in [-0.25, -0.2) is 4.98 Å². The standard InChI is InChI=1S/C10H10N6S/c1-6(9-13-15-16-14-9)11-10-12-7-4-2-3-5-8(7)17-10/h2-6H,1H3,(H,11,12)(H,13,14,15,16). The number of aromatic nitrogens is 5. The summed E-state index contributed by atoms with van der Waals surface area (Å²) in [5.74, 6) is 0.629. The predicted molar refractivity (Wildman–Crippen MR) is 65.8 cm³/mol. The third-order valence-corrected chi connectivity index (χ3v) is 3.35. The molecule has 0 radical (unpaired) electrons. The van der Waals surface area contributed by atoms with E-state index in [9.17, 15) is 0 Å². The molecule has 2 heterocycles. The lowest BCUT2D eigenvalue weighted by atomic mass is 10.3.